The fourth-order valence-electron chi connectivity index (χ4n) is 2.82. The lowest BCUT2D eigenvalue weighted by Crippen LogP contribution is -2.29. The quantitative estimate of drug-likeness (QED) is 0.829. The second-order valence-electron chi connectivity index (χ2n) is 5.87. The molecule has 1 aromatic carbocycles. The molecule has 9 heteroatoms. The van der Waals surface area contributed by atoms with Crippen molar-refractivity contribution in [1.82, 2.24) is 5.01 Å². The number of amides is 1. The van der Waals surface area contributed by atoms with Crippen LogP contribution in [-0.2, 0) is 19.6 Å². The molecule has 0 fully saturated rings. The molecule has 1 N–H and O–H groups in total. The zero-order chi connectivity index (χ0) is 18.7. The van der Waals surface area contributed by atoms with Crippen LogP contribution in [0.1, 0.15) is 23.8 Å². The Morgan fingerprint density at radius 3 is 2.77 bits per heavy atom. The van der Waals surface area contributed by atoms with Crippen molar-refractivity contribution in [2.24, 2.45) is 5.10 Å². The number of sulfonamides is 1. The summed E-state index contributed by atoms with van der Waals surface area (Å²) in [6.45, 7) is -0.114. The summed E-state index contributed by atoms with van der Waals surface area (Å²) in [6.07, 6.45) is 3.01. The fourth-order valence-corrected chi connectivity index (χ4v) is 3.40. The van der Waals surface area contributed by atoms with Crippen LogP contribution in [0.25, 0.3) is 0 Å². The van der Waals surface area contributed by atoms with E-state index in [4.69, 9.17) is 9.15 Å². The second kappa shape index (κ2) is 7.30. The van der Waals surface area contributed by atoms with E-state index in [1.165, 1.54) is 18.4 Å². The van der Waals surface area contributed by atoms with E-state index in [1.54, 1.807) is 36.4 Å². The Morgan fingerprint density at radius 1 is 1.35 bits per heavy atom. The predicted molar refractivity (Wildman–Crippen MR) is 96.2 cm³/mol. The van der Waals surface area contributed by atoms with Gasteiger partial charge in [-0.3, -0.25) is 9.52 Å². The minimum Gasteiger partial charge on any atom is -0.467 e. The molecule has 1 atom stereocenters. The number of ether oxygens (including phenoxy) is 1. The monoisotopic (exact) mass is 377 g/mol. The molecular formula is C17H19N3O5S. The van der Waals surface area contributed by atoms with E-state index in [0.717, 1.165) is 6.26 Å². The Kier molecular flexibility index (Phi) is 5.10. The Bertz CT molecular complexity index is 922. The average Bonchev–Trinajstić information content (AvgIpc) is 3.23. The summed E-state index contributed by atoms with van der Waals surface area (Å²) >= 11 is 0. The van der Waals surface area contributed by atoms with Crippen molar-refractivity contribution >= 4 is 27.3 Å². The molecule has 1 aliphatic heterocycles. The van der Waals surface area contributed by atoms with Gasteiger partial charge in [0, 0.05) is 19.1 Å². The number of nitrogens with zero attached hydrogens (tertiary/aromatic N) is 2. The van der Waals surface area contributed by atoms with E-state index in [2.05, 4.69) is 9.82 Å². The van der Waals surface area contributed by atoms with Gasteiger partial charge >= 0.3 is 0 Å². The minimum atomic E-state index is -3.45. The SMILES string of the molecule is COCC(=O)N1N=C(c2ccccc2NS(C)(=O)=O)C[C@@H]1c1ccco1. The molecule has 0 saturated heterocycles. The van der Waals surface area contributed by atoms with E-state index in [0.29, 0.717) is 29.1 Å². The van der Waals surface area contributed by atoms with Gasteiger partial charge in [-0.1, -0.05) is 18.2 Å². The number of hydrogen-bond acceptors (Lipinski definition) is 6. The second-order valence-corrected chi connectivity index (χ2v) is 7.62. The number of benzene rings is 1. The first-order chi connectivity index (χ1) is 12.4. The molecule has 26 heavy (non-hydrogen) atoms. The minimum absolute atomic E-state index is 0.114. The molecule has 2 heterocycles. The largest absolute Gasteiger partial charge is 0.467 e. The fraction of sp³-hybridized carbons (Fsp3) is 0.294. The average molecular weight is 377 g/mol. The van der Waals surface area contributed by atoms with Crippen molar-refractivity contribution in [3.05, 3.63) is 54.0 Å². The van der Waals surface area contributed by atoms with Crippen molar-refractivity contribution in [2.75, 3.05) is 24.7 Å². The van der Waals surface area contributed by atoms with E-state index >= 15 is 0 Å². The molecule has 1 aromatic heterocycles. The highest BCUT2D eigenvalue weighted by Gasteiger charge is 2.35. The Hall–Kier alpha value is -2.65. The molecule has 2 aromatic rings. The maximum absolute atomic E-state index is 12.4. The van der Waals surface area contributed by atoms with Gasteiger partial charge in [0.2, 0.25) is 10.0 Å². The summed E-state index contributed by atoms with van der Waals surface area (Å²) in [5.41, 5.74) is 1.61. The van der Waals surface area contributed by atoms with Crippen LogP contribution in [0.3, 0.4) is 0 Å². The van der Waals surface area contributed by atoms with Gasteiger partial charge in [-0.15, -0.1) is 0 Å². The van der Waals surface area contributed by atoms with Gasteiger partial charge in [0.25, 0.3) is 5.91 Å². The molecule has 0 unspecified atom stereocenters. The third-order valence-corrected chi connectivity index (χ3v) is 4.43. The summed E-state index contributed by atoms with van der Waals surface area (Å²) < 4.78 is 36.1. The lowest BCUT2D eigenvalue weighted by Gasteiger charge is -2.19. The molecule has 0 bridgehead atoms. The van der Waals surface area contributed by atoms with Gasteiger partial charge in [0.05, 0.1) is 23.9 Å². The van der Waals surface area contributed by atoms with E-state index < -0.39 is 16.1 Å². The molecule has 0 radical (unpaired) electrons. The van der Waals surface area contributed by atoms with Gasteiger partial charge in [-0.2, -0.15) is 5.10 Å². The van der Waals surface area contributed by atoms with E-state index in [9.17, 15) is 13.2 Å². The Morgan fingerprint density at radius 2 is 2.12 bits per heavy atom. The molecule has 1 amide bonds. The van der Waals surface area contributed by atoms with Crippen LogP contribution in [0.15, 0.2) is 52.2 Å². The lowest BCUT2D eigenvalue weighted by molar-refractivity contribution is -0.137. The highest BCUT2D eigenvalue weighted by molar-refractivity contribution is 7.92. The number of hydrazone groups is 1. The lowest BCUT2D eigenvalue weighted by atomic mass is 10.0. The van der Waals surface area contributed by atoms with Crippen LogP contribution in [0, 0.1) is 0 Å². The number of furan rings is 1. The number of anilines is 1. The molecule has 138 valence electrons. The first-order valence-electron chi connectivity index (χ1n) is 7.88. The van der Waals surface area contributed by atoms with Gasteiger partial charge in [0.1, 0.15) is 18.4 Å². The molecule has 1 aliphatic rings. The first-order valence-corrected chi connectivity index (χ1v) is 9.77. The molecular weight excluding hydrogens is 358 g/mol. The number of rotatable bonds is 6. The van der Waals surface area contributed by atoms with Crippen molar-refractivity contribution in [2.45, 2.75) is 12.5 Å². The molecule has 0 aliphatic carbocycles. The highest BCUT2D eigenvalue weighted by atomic mass is 32.2. The number of methoxy groups -OCH3 is 1. The highest BCUT2D eigenvalue weighted by Crippen LogP contribution is 2.34. The van der Waals surface area contributed by atoms with E-state index in [1.807, 2.05) is 0 Å². The van der Waals surface area contributed by atoms with E-state index in [-0.39, 0.29) is 12.5 Å². The smallest absolute Gasteiger partial charge is 0.269 e. The van der Waals surface area contributed by atoms with Gasteiger partial charge in [-0.25, -0.2) is 13.4 Å². The summed E-state index contributed by atoms with van der Waals surface area (Å²) in [6, 6.07) is 10.0. The summed E-state index contributed by atoms with van der Waals surface area (Å²) in [4.78, 5) is 12.4. The zero-order valence-corrected chi connectivity index (χ0v) is 15.2. The first kappa shape index (κ1) is 18.2. The van der Waals surface area contributed by atoms with Crippen LogP contribution in [-0.4, -0.2) is 45.0 Å². The van der Waals surface area contributed by atoms with Crippen molar-refractivity contribution in [3.63, 3.8) is 0 Å². The maximum atomic E-state index is 12.4. The Labute approximate surface area is 151 Å². The number of para-hydroxylation sites is 1. The third-order valence-electron chi connectivity index (χ3n) is 3.84. The van der Waals surface area contributed by atoms with Gasteiger partial charge in [-0.05, 0) is 18.2 Å². The van der Waals surface area contributed by atoms with Crippen LogP contribution >= 0.6 is 0 Å². The Balaban J connectivity index is 1.98. The number of hydrogen-bond donors (Lipinski definition) is 1. The van der Waals surface area contributed by atoms with Gasteiger partial charge < -0.3 is 9.15 Å². The third kappa shape index (κ3) is 3.94. The molecule has 8 nitrogen and oxygen atoms in total. The van der Waals surface area contributed by atoms with Crippen molar-refractivity contribution in [3.8, 4) is 0 Å². The van der Waals surface area contributed by atoms with Crippen LogP contribution in [0.2, 0.25) is 0 Å². The number of nitrogens with one attached hydrogen (secondary N) is 1. The van der Waals surface area contributed by atoms with Crippen LogP contribution in [0.4, 0.5) is 5.69 Å². The number of carbonyl (C=O) groups is 1. The summed E-state index contributed by atoms with van der Waals surface area (Å²) in [5, 5.41) is 5.76. The van der Waals surface area contributed by atoms with Crippen molar-refractivity contribution in [1.29, 1.82) is 0 Å². The zero-order valence-electron chi connectivity index (χ0n) is 14.4. The van der Waals surface area contributed by atoms with Crippen molar-refractivity contribution < 1.29 is 22.4 Å². The summed E-state index contributed by atoms with van der Waals surface area (Å²) in [7, 11) is -2.01. The maximum Gasteiger partial charge on any atom is 0.269 e. The normalized spacial score (nSPS) is 17.2. The standard InChI is InChI=1S/C17H19N3O5S/c1-24-11-17(21)20-15(16-8-5-9-25-16)10-14(18-20)12-6-3-4-7-13(12)19-26(2,22)23/h3-9,15,19H,10-11H2,1-2H3/t15-/m1/s1. The predicted octanol–water partition coefficient (Wildman–Crippen LogP) is 1.98. The van der Waals surface area contributed by atoms with Crippen LogP contribution < -0.4 is 4.72 Å². The number of carbonyl (C=O) groups excluding carboxylic acids is 1. The summed E-state index contributed by atoms with van der Waals surface area (Å²) in [5.74, 6) is 0.291. The molecule has 3 rings (SSSR count). The molecule has 0 saturated carbocycles. The van der Waals surface area contributed by atoms with Gasteiger partial charge in [0.15, 0.2) is 0 Å². The van der Waals surface area contributed by atoms with Crippen LogP contribution in [0.5, 0.6) is 0 Å². The topological polar surface area (TPSA) is 101 Å². The molecule has 0 spiro atoms.